The minimum absolute atomic E-state index is 0.412. The Labute approximate surface area is 120 Å². The number of nitrogens with zero attached hydrogens (tertiary/aromatic N) is 1. The van der Waals surface area contributed by atoms with E-state index in [1.165, 1.54) is 4.88 Å². The second-order valence-corrected chi connectivity index (χ2v) is 5.66. The Hall–Kier alpha value is -0.810. The molecule has 0 unspecified atom stereocenters. The number of hydrogen-bond donors (Lipinski definition) is 1. The molecule has 1 heterocycles. The summed E-state index contributed by atoms with van der Waals surface area (Å²) in [7, 11) is 1.91. The maximum absolute atomic E-state index is 6.01. The third-order valence-corrected chi connectivity index (χ3v) is 3.70. The van der Waals surface area contributed by atoms with Crippen molar-refractivity contribution >= 4 is 34.5 Å². The fourth-order valence-electron chi connectivity index (χ4n) is 1.40. The molecule has 0 aliphatic rings. The fraction of sp³-hybridized carbons (Fsp3) is 0.250. The highest BCUT2D eigenvalue weighted by atomic mass is 35.5. The van der Waals surface area contributed by atoms with E-state index in [4.69, 9.17) is 27.9 Å². The van der Waals surface area contributed by atoms with Gasteiger partial charge in [0.1, 0.15) is 17.4 Å². The molecule has 96 valence electrons. The Balaban J connectivity index is 1.97. The van der Waals surface area contributed by atoms with Crippen LogP contribution < -0.4 is 10.1 Å². The molecule has 1 aromatic heterocycles. The van der Waals surface area contributed by atoms with Crippen LogP contribution in [-0.4, -0.2) is 12.0 Å². The molecule has 3 nitrogen and oxygen atoms in total. The summed E-state index contributed by atoms with van der Waals surface area (Å²) in [6.07, 6.45) is 1.85. The molecule has 2 aromatic rings. The smallest absolute Gasteiger partial charge is 0.140 e. The molecular formula is C12H12Cl2N2OS. The van der Waals surface area contributed by atoms with Crippen molar-refractivity contribution in [1.82, 2.24) is 10.3 Å². The Morgan fingerprint density at radius 2 is 2.22 bits per heavy atom. The first-order valence-corrected chi connectivity index (χ1v) is 6.92. The second-order valence-electron chi connectivity index (χ2n) is 3.61. The number of thiazole rings is 1. The largest absolute Gasteiger partial charge is 0.485 e. The first-order valence-electron chi connectivity index (χ1n) is 5.35. The lowest BCUT2D eigenvalue weighted by molar-refractivity contribution is 0.306. The van der Waals surface area contributed by atoms with E-state index in [0.717, 1.165) is 11.6 Å². The lowest BCUT2D eigenvalue weighted by atomic mass is 10.3. The van der Waals surface area contributed by atoms with Gasteiger partial charge in [-0.15, -0.1) is 11.3 Å². The van der Waals surface area contributed by atoms with E-state index < -0.39 is 0 Å². The molecule has 0 fully saturated rings. The topological polar surface area (TPSA) is 34.2 Å². The van der Waals surface area contributed by atoms with Crippen LogP contribution in [0.5, 0.6) is 5.75 Å². The summed E-state index contributed by atoms with van der Waals surface area (Å²) in [6, 6.07) is 5.16. The van der Waals surface area contributed by atoms with Gasteiger partial charge in [-0.2, -0.15) is 0 Å². The molecule has 0 radical (unpaired) electrons. The average molecular weight is 303 g/mol. The van der Waals surface area contributed by atoms with Crippen molar-refractivity contribution < 1.29 is 4.74 Å². The van der Waals surface area contributed by atoms with Gasteiger partial charge >= 0.3 is 0 Å². The third kappa shape index (κ3) is 3.59. The Bertz CT molecular complexity index is 531. The molecule has 0 saturated heterocycles. The zero-order chi connectivity index (χ0) is 13.0. The van der Waals surface area contributed by atoms with Gasteiger partial charge in [-0.1, -0.05) is 23.2 Å². The van der Waals surface area contributed by atoms with Crippen LogP contribution in [0.3, 0.4) is 0 Å². The Kier molecular flexibility index (Phi) is 4.83. The Morgan fingerprint density at radius 1 is 1.39 bits per heavy atom. The van der Waals surface area contributed by atoms with E-state index in [9.17, 15) is 0 Å². The minimum atomic E-state index is 0.412. The van der Waals surface area contributed by atoms with Gasteiger partial charge in [0.15, 0.2) is 0 Å². The van der Waals surface area contributed by atoms with Gasteiger partial charge in [-0.25, -0.2) is 4.98 Å². The summed E-state index contributed by atoms with van der Waals surface area (Å²) in [4.78, 5) is 5.46. The van der Waals surface area contributed by atoms with Crippen molar-refractivity contribution in [3.05, 3.63) is 44.3 Å². The van der Waals surface area contributed by atoms with Gasteiger partial charge in [0.05, 0.1) is 5.02 Å². The van der Waals surface area contributed by atoms with E-state index >= 15 is 0 Å². The molecule has 0 bridgehead atoms. The highest BCUT2D eigenvalue weighted by Crippen LogP contribution is 2.28. The molecule has 6 heteroatoms. The lowest BCUT2D eigenvalue weighted by Gasteiger charge is -2.06. The van der Waals surface area contributed by atoms with Gasteiger partial charge in [0.2, 0.25) is 0 Å². The molecular weight excluding hydrogens is 291 g/mol. The molecule has 0 aliphatic carbocycles. The van der Waals surface area contributed by atoms with Crippen molar-refractivity contribution in [2.45, 2.75) is 13.2 Å². The first kappa shape index (κ1) is 13.6. The summed E-state index contributed by atoms with van der Waals surface area (Å²) in [5.74, 6) is 0.617. The third-order valence-electron chi connectivity index (χ3n) is 2.20. The molecule has 0 saturated carbocycles. The van der Waals surface area contributed by atoms with E-state index in [-0.39, 0.29) is 0 Å². The number of halogens is 2. The highest BCUT2D eigenvalue weighted by molar-refractivity contribution is 7.11. The van der Waals surface area contributed by atoms with Crippen LogP contribution in [-0.2, 0) is 13.2 Å². The number of hydrogen-bond acceptors (Lipinski definition) is 4. The maximum Gasteiger partial charge on any atom is 0.140 e. The maximum atomic E-state index is 6.01. The van der Waals surface area contributed by atoms with Crippen LogP contribution in [0, 0.1) is 0 Å². The number of aromatic nitrogens is 1. The summed E-state index contributed by atoms with van der Waals surface area (Å²) in [5.41, 5.74) is 0. The number of ether oxygens (including phenoxy) is 1. The van der Waals surface area contributed by atoms with Crippen LogP contribution in [0.25, 0.3) is 0 Å². The van der Waals surface area contributed by atoms with Crippen LogP contribution in [0.2, 0.25) is 10.0 Å². The van der Waals surface area contributed by atoms with E-state index in [2.05, 4.69) is 10.3 Å². The van der Waals surface area contributed by atoms with Crippen molar-refractivity contribution in [2.24, 2.45) is 0 Å². The molecule has 18 heavy (non-hydrogen) atoms. The molecule has 0 aliphatic heterocycles. The summed E-state index contributed by atoms with van der Waals surface area (Å²) in [6.45, 7) is 1.23. The second kappa shape index (κ2) is 6.38. The summed E-state index contributed by atoms with van der Waals surface area (Å²) >= 11 is 13.4. The van der Waals surface area contributed by atoms with Gasteiger partial charge < -0.3 is 10.1 Å². The van der Waals surface area contributed by atoms with Crippen molar-refractivity contribution in [3.63, 3.8) is 0 Å². The van der Waals surface area contributed by atoms with Crippen LogP contribution >= 0.6 is 34.5 Å². The van der Waals surface area contributed by atoms with Gasteiger partial charge in [0.25, 0.3) is 0 Å². The number of nitrogens with one attached hydrogen (secondary N) is 1. The number of benzene rings is 1. The fourth-order valence-corrected chi connectivity index (χ4v) is 2.71. The zero-order valence-corrected chi connectivity index (χ0v) is 12.1. The molecule has 1 N–H and O–H groups in total. The number of rotatable bonds is 5. The molecule has 0 atom stereocenters. The monoisotopic (exact) mass is 302 g/mol. The average Bonchev–Trinajstić information content (AvgIpc) is 2.76. The minimum Gasteiger partial charge on any atom is -0.485 e. The molecule has 1 aromatic carbocycles. The van der Waals surface area contributed by atoms with E-state index in [1.54, 1.807) is 29.5 Å². The highest BCUT2D eigenvalue weighted by Gasteiger charge is 2.05. The summed E-state index contributed by atoms with van der Waals surface area (Å²) < 4.78 is 5.61. The first-order chi connectivity index (χ1) is 8.69. The van der Waals surface area contributed by atoms with Gasteiger partial charge in [-0.3, -0.25) is 0 Å². The van der Waals surface area contributed by atoms with Crippen LogP contribution in [0.1, 0.15) is 9.88 Å². The molecule has 2 rings (SSSR count). The van der Waals surface area contributed by atoms with Crippen molar-refractivity contribution in [1.29, 1.82) is 0 Å². The van der Waals surface area contributed by atoms with E-state index in [1.807, 2.05) is 13.2 Å². The van der Waals surface area contributed by atoms with Crippen molar-refractivity contribution in [2.75, 3.05) is 7.05 Å². The van der Waals surface area contributed by atoms with Gasteiger partial charge in [-0.05, 0) is 25.2 Å². The molecule has 0 spiro atoms. The standard InChI is InChI=1S/C12H12Cl2N2OS/c1-15-5-9-6-16-12(18-9)7-17-11-3-2-8(13)4-10(11)14/h2-4,6,15H,5,7H2,1H3. The van der Waals surface area contributed by atoms with Gasteiger partial charge in [0, 0.05) is 22.6 Å². The lowest BCUT2D eigenvalue weighted by Crippen LogP contribution is -2.02. The zero-order valence-electron chi connectivity index (χ0n) is 9.74. The quantitative estimate of drug-likeness (QED) is 0.913. The van der Waals surface area contributed by atoms with E-state index in [0.29, 0.717) is 22.4 Å². The Morgan fingerprint density at radius 3 is 2.94 bits per heavy atom. The molecule has 0 amide bonds. The summed E-state index contributed by atoms with van der Waals surface area (Å²) in [5, 5.41) is 5.11. The van der Waals surface area contributed by atoms with Crippen LogP contribution in [0.15, 0.2) is 24.4 Å². The normalized spacial score (nSPS) is 10.6. The SMILES string of the molecule is CNCc1cnc(COc2ccc(Cl)cc2Cl)s1. The van der Waals surface area contributed by atoms with Crippen molar-refractivity contribution in [3.8, 4) is 5.75 Å². The predicted octanol–water partition coefficient (Wildman–Crippen LogP) is 3.75. The predicted molar refractivity (Wildman–Crippen MR) is 75.7 cm³/mol. The van der Waals surface area contributed by atoms with Crippen LogP contribution in [0.4, 0.5) is 0 Å².